The molecule has 0 aliphatic carbocycles. The maximum absolute atomic E-state index is 12.5. The Morgan fingerprint density at radius 2 is 2.00 bits per heavy atom. The number of hydrogen-bond donors (Lipinski definition) is 1. The number of nitrogens with zero attached hydrogens (tertiary/aromatic N) is 2. The number of ether oxygens (including phenoxy) is 1. The monoisotopic (exact) mass is 395 g/mol. The van der Waals surface area contributed by atoms with Crippen molar-refractivity contribution in [3.8, 4) is 5.75 Å². The van der Waals surface area contributed by atoms with E-state index in [0.29, 0.717) is 24.8 Å². The summed E-state index contributed by atoms with van der Waals surface area (Å²) in [5.74, 6) is 1.32. The zero-order chi connectivity index (χ0) is 18.5. The summed E-state index contributed by atoms with van der Waals surface area (Å²) in [4.78, 5) is 28.4. The molecule has 7 heteroatoms. The average Bonchev–Trinajstić information content (AvgIpc) is 2.67. The van der Waals surface area contributed by atoms with Crippen LogP contribution in [0.5, 0.6) is 5.75 Å². The van der Waals surface area contributed by atoms with E-state index in [9.17, 15) is 9.59 Å². The van der Waals surface area contributed by atoms with E-state index in [-0.39, 0.29) is 36.9 Å². The molecular weight excluding hydrogens is 366 g/mol. The average molecular weight is 396 g/mol. The Hall–Kier alpha value is -1.79. The molecule has 2 aliphatic heterocycles. The van der Waals surface area contributed by atoms with E-state index in [1.165, 1.54) is 5.56 Å². The predicted octanol–water partition coefficient (Wildman–Crippen LogP) is 2.03. The van der Waals surface area contributed by atoms with Crippen LogP contribution in [0.4, 0.5) is 0 Å². The third-order valence-electron chi connectivity index (χ3n) is 5.23. The Morgan fingerprint density at radius 3 is 2.67 bits per heavy atom. The molecule has 0 radical (unpaired) electrons. The fraction of sp³-hybridized carbons (Fsp3) is 0.600. The number of hydrogen-bond acceptors (Lipinski definition) is 4. The van der Waals surface area contributed by atoms with Gasteiger partial charge in [0.05, 0.1) is 6.54 Å². The van der Waals surface area contributed by atoms with Gasteiger partial charge in [0.1, 0.15) is 5.75 Å². The fourth-order valence-electron chi connectivity index (χ4n) is 3.63. The summed E-state index contributed by atoms with van der Waals surface area (Å²) in [6.45, 7) is 7.65. The fourth-order valence-corrected chi connectivity index (χ4v) is 3.63. The van der Waals surface area contributed by atoms with Gasteiger partial charge in [0.2, 0.25) is 5.91 Å². The number of rotatable bonds is 5. The summed E-state index contributed by atoms with van der Waals surface area (Å²) in [5.41, 5.74) is 1.25. The first-order valence-corrected chi connectivity index (χ1v) is 9.55. The molecule has 2 aliphatic rings. The molecular formula is C20H30ClN3O3. The first-order valence-electron chi connectivity index (χ1n) is 9.55. The van der Waals surface area contributed by atoms with Gasteiger partial charge in [-0.1, -0.05) is 26.0 Å². The van der Waals surface area contributed by atoms with Crippen LogP contribution >= 0.6 is 12.4 Å². The van der Waals surface area contributed by atoms with E-state index in [1.807, 2.05) is 34.1 Å². The number of carbonyl (C=O) groups is 2. The Balaban J connectivity index is 0.00000261. The van der Waals surface area contributed by atoms with Crippen molar-refractivity contribution in [1.82, 2.24) is 15.1 Å². The lowest BCUT2D eigenvalue weighted by atomic mass is 10.0. The third-order valence-corrected chi connectivity index (χ3v) is 5.23. The van der Waals surface area contributed by atoms with Gasteiger partial charge in [-0.2, -0.15) is 0 Å². The summed E-state index contributed by atoms with van der Waals surface area (Å²) < 4.78 is 5.68. The van der Waals surface area contributed by atoms with E-state index >= 15 is 0 Å². The van der Waals surface area contributed by atoms with Crippen LogP contribution in [-0.2, 0) is 9.59 Å². The van der Waals surface area contributed by atoms with E-state index in [1.54, 1.807) is 0 Å². The van der Waals surface area contributed by atoms with Gasteiger partial charge in [0.25, 0.3) is 5.91 Å². The predicted molar refractivity (Wildman–Crippen MR) is 107 cm³/mol. The Labute approximate surface area is 167 Å². The minimum absolute atomic E-state index is 0. The van der Waals surface area contributed by atoms with Gasteiger partial charge in [0.15, 0.2) is 6.61 Å². The van der Waals surface area contributed by atoms with Crippen LogP contribution in [0.1, 0.15) is 38.2 Å². The minimum atomic E-state index is -0.00906. The molecule has 2 fully saturated rings. The van der Waals surface area contributed by atoms with Gasteiger partial charge in [-0.3, -0.25) is 9.59 Å². The molecule has 1 unspecified atom stereocenters. The zero-order valence-electron chi connectivity index (χ0n) is 16.1. The first-order chi connectivity index (χ1) is 12.5. The van der Waals surface area contributed by atoms with E-state index in [2.05, 4.69) is 19.2 Å². The molecule has 1 atom stereocenters. The normalized spacial score (nSPS) is 20.4. The van der Waals surface area contributed by atoms with Crippen molar-refractivity contribution in [2.45, 2.75) is 38.6 Å². The van der Waals surface area contributed by atoms with E-state index in [4.69, 9.17) is 4.74 Å². The second-order valence-corrected chi connectivity index (χ2v) is 7.41. The zero-order valence-corrected chi connectivity index (χ0v) is 17.0. The molecule has 6 nitrogen and oxygen atoms in total. The van der Waals surface area contributed by atoms with E-state index in [0.717, 1.165) is 32.5 Å². The van der Waals surface area contributed by atoms with Crippen LogP contribution < -0.4 is 10.1 Å². The highest BCUT2D eigenvalue weighted by atomic mass is 35.5. The van der Waals surface area contributed by atoms with Crippen LogP contribution in [-0.4, -0.2) is 67.0 Å². The molecule has 0 spiro atoms. The first kappa shape index (κ1) is 21.5. The molecule has 1 aromatic rings. The van der Waals surface area contributed by atoms with Crippen molar-refractivity contribution in [1.29, 1.82) is 0 Å². The molecule has 150 valence electrons. The van der Waals surface area contributed by atoms with E-state index < -0.39 is 0 Å². The second-order valence-electron chi connectivity index (χ2n) is 7.41. The summed E-state index contributed by atoms with van der Waals surface area (Å²) >= 11 is 0. The number of piperidine rings is 1. The van der Waals surface area contributed by atoms with Gasteiger partial charge in [-0.15, -0.1) is 12.4 Å². The maximum Gasteiger partial charge on any atom is 0.260 e. The molecule has 2 heterocycles. The number of benzene rings is 1. The minimum Gasteiger partial charge on any atom is -0.484 e. The Morgan fingerprint density at radius 1 is 1.26 bits per heavy atom. The number of nitrogens with one attached hydrogen (secondary N) is 1. The number of piperazine rings is 1. The highest BCUT2D eigenvalue weighted by Gasteiger charge is 2.31. The summed E-state index contributed by atoms with van der Waals surface area (Å²) in [6, 6.07) is 8.05. The molecule has 2 amide bonds. The SMILES string of the molecule is CC(C)c1ccc(OCC(=O)N2CCCC(N3CCNCC3=O)C2)cc1.Cl. The van der Waals surface area contributed by atoms with Crippen molar-refractivity contribution in [2.75, 3.05) is 39.3 Å². The number of likely N-dealkylation sites (tertiary alicyclic amines) is 1. The molecule has 1 aromatic carbocycles. The van der Waals surface area contributed by atoms with Crippen molar-refractivity contribution < 1.29 is 14.3 Å². The number of halogens is 1. The number of carbonyl (C=O) groups excluding carboxylic acids is 2. The molecule has 27 heavy (non-hydrogen) atoms. The highest BCUT2D eigenvalue weighted by molar-refractivity contribution is 5.85. The van der Waals surface area contributed by atoms with Crippen molar-refractivity contribution in [2.24, 2.45) is 0 Å². The lowest BCUT2D eigenvalue weighted by molar-refractivity contribution is -0.141. The van der Waals surface area contributed by atoms with Gasteiger partial charge in [0, 0.05) is 32.2 Å². The van der Waals surface area contributed by atoms with Crippen LogP contribution in [0.2, 0.25) is 0 Å². The van der Waals surface area contributed by atoms with Gasteiger partial charge in [-0.25, -0.2) is 0 Å². The quantitative estimate of drug-likeness (QED) is 0.828. The summed E-state index contributed by atoms with van der Waals surface area (Å²) in [6.07, 6.45) is 1.89. The van der Waals surface area contributed by atoms with Crippen LogP contribution in [0.25, 0.3) is 0 Å². The molecule has 1 N–H and O–H groups in total. The lowest BCUT2D eigenvalue weighted by Crippen LogP contribution is -2.57. The highest BCUT2D eigenvalue weighted by Crippen LogP contribution is 2.20. The van der Waals surface area contributed by atoms with Crippen LogP contribution in [0.15, 0.2) is 24.3 Å². The topological polar surface area (TPSA) is 61.9 Å². The second kappa shape index (κ2) is 9.95. The molecule has 0 bridgehead atoms. The third kappa shape index (κ3) is 5.59. The van der Waals surface area contributed by atoms with Gasteiger partial charge >= 0.3 is 0 Å². The van der Waals surface area contributed by atoms with Gasteiger partial charge < -0.3 is 19.9 Å². The molecule has 2 saturated heterocycles. The summed E-state index contributed by atoms with van der Waals surface area (Å²) in [5, 5.41) is 3.10. The van der Waals surface area contributed by atoms with Crippen LogP contribution in [0, 0.1) is 0 Å². The molecule has 0 aromatic heterocycles. The maximum atomic E-state index is 12.5. The van der Waals surface area contributed by atoms with Crippen molar-refractivity contribution in [3.63, 3.8) is 0 Å². The molecule has 3 rings (SSSR count). The van der Waals surface area contributed by atoms with Crippen molar-refractivity contribution in [3.05, 3.63) is 29.8 Å². The standard InChI is InChI=1S/C20H29N3O3.ClH/c1-15(2)16-5-7-18(8-6-16)26-14-20(25)22-10-3-4-17(13-22)23-11-9-21-12-19(23)24;/h5-8,15,17,21H,3-4,9-14H2,1-2H3;1H. The Bertz CT molecular complexity index is 636. The van der Waals surface area contributed by atoms with Crippen molar-refractivity contribution >= 4 is 24.2 Å². The van der Waals surface area contributed by atoms with Gasteiger partial charge in [-0.05, 0) is 36.5 Å². The molecule has 0 saturated carbocycles. The number of amides is 2. The lowest BCUT2D eigenvalue weighted by Gasteiger charge is -2.41. The Kier molecular flexibility index (Phi) is 7.92. The smallest absolute Gasteiger partial charge is 0.260 e. The summed E-state index contributed by atoms with van der Waals surface area (Å²) in [7, 11) is 0. The van der Waals surface area contributed by atoms with Crippen LogP contribution in [0.3, 0.4) is 0 Å². The largest absolute Gasteiger partial charge is 0.484 e.